The van der Waals surface area contributed by atoms with Gasteiger partial charge >= 0.3 is 5.97 Å². The first kappa shape index (κ1) is 13.8. The van der Waals surface area contributed by atoms with E-state index < -0.39 is 0 Å². The molecule has 17 heavy (non-hydrogen) atoms. The molecule has 1 rings (SSSR count). The summed E-state index contributed by atoms with van der Waals surface area (Å²) in [5.41, 5.74) is 1.04. The lowest BCUT2D eigenvalue weighted by Crippen LogP contribution is -2.14. The fourth-order valence-corrected chi connectivity index (χ4v) is 1.66. The maximum absolute atomic E-state index is 11.6. The highest BCUT2D eigenvalue weighted by molar-refractivity contribution is 5.69. The minimum absolute atomic E-state index is 0.0957. The van der Waals surface area contributed by atoms with Crippen LogP contribution < -0.4 is 0 Å². The van der Waals surface area contributed by atoms with Crippen molar-refractivity contribution < 1.29 is 9.53 Å². The van der Waals surface area contributed by atoms with E-state index in [1.807, 2.05) is 30.3 Å². The number of hydrogen-bond donors (Lipinski definition) is 0. The third-order valence-corrected chi connectivity index (χ3v) is 3.35. The van der Waals surface area contributed by atoms with Gasteiger partial charge in [-0.05, 0) is 17.4 Å². The van der Waals surface area contributed by atoms with E-state index >= 15 is 0 Å². The summed E-state index contributed by atoms with van der Waals surface area (Å²) >= 11 is 0. The first-order valence-corrected chi connectivity index (χ1v) is 6.33. The van der Waals surface area contributed by atoms with Gasteiger partial charge in [0.2, 0.25) is 0 Å². The molecular formula is C15H22O2. The SMILES string of the molecule is CCC(C)C(C)CC(=O)OCc1ccccc1. The number of hydrogen-bond acceptors (Lipinski definition) is 2. The third-order valence-electron chi connectivity index (χ3n) is 3.35. The summed E-state index contributed by atoms with van der Waals surface area (Å²) < 4.78 is 5.25. The summed E-state index contributed by atoms with van der Waals surface area (Å²) in [7, 11) is 0. The van der Waals surface area contributed by atoms with Crippen LogP contribution in [0.5, 0.6) is 0 Å². The Morgan fingerprint density at radius 3 is 2.41 bits per heavy atom. The molecule has 0 aliphatic carbocycles. The molecule has 0 aromatic heterocycles. The second-order valence-electron chi connectivity index (χ2n) is 4.71. The molecule has 0 amide bonds. The molecule has 1 aromatic rings. The maximum atomic E-state index is 11.6. The molecule has 0 aliphatic heterocycles. The van der Waals surface area contributed by atoms with Crippen LogP contribution in [0.3, 0.4) is 0 Å². The Bertz CT molecular complexity index is 332. The van der Waals surface area contributed by atoms with Gasteiger partial charge in [-0.25, -0.2) is 0 Å². The van der Waals surface area contributed by atoms with Gasteiger partial charge in [-0.3, -0.25) is 4.79 Å². The van der Waals surface area contributed by atoms with Crippen molar-refractivity contribution in [1.82, 2.24) is 0 Å². The van der Waals surface area contributed by atoms with Crippen LogP contribution in [0.15, 0.2) is 30.3 Å². The first-order valence-electron chi connectivity index (χ1n) is 6.33. The van der Waals surface area contributed by atoms with Crippen LogP contribution in [0.4, 0.5) is 0 Å². The van der Waals surface area contributed by atoms with Gasteiger partial charge in [-0.15, -0.1) is 0 Å². The van der Waals surface area contributed by atoms with E-state index in [4.69, 9.17) is 4.74 Å². The smallest absolute Gasteiger partial charge is 0.306 e. The molecule has 2 unspecified atom stereocenters. The number of rotatable bonds is 6. The average molecular weight is 234 g/mol. The van der Waals surface area contributed by atoms with Crippen molar-refractivity contribution in [1.29, 1.82) is 0 Å². The monoisotopic (exact) mass is 234 g/mol. The highest BCUT2D eigenvalue weighted by Gasteiger charge is 2.15. The van der Waals surface area contributed by atoms with Crippen molar-refractivity contribution in [2.75, 3.05) is 0 Å². The van der Waals surface area contributed by atoms with Gasteiger partial charge in [0.05, 0.1) is 0 Å². The number of benzene rings is 1. The van der Waals surface area contributed by atoms with Crippen molar-refractivity contribution in [2.24, 2.45) is 11.8 Å². The van der Waals surface area contributed by atoms with Crippen LogP contribution in [0.25, 0.3) is 0 Å². The van der Waals surface area contributed by atoms with E-state index in [0.717, 1.165) is 12.0 Å². The summed E-state index contributed by atoms with van der Waals surface area (Å²) in [5, 5.41) is 0. The first-order chi connectivity index (χ1) is 8.13. The minimum Gasteiger partial charge on any atom is -0.461 e. The number of ether oxygens (including phenoxy) is 1. The molecule has 94 valence electrons. The van der Waals surface area contributed by atoms with Crippen LogP contribution in [-0.4, -0.2) is 5.97 Å². The molecule has 0 fully saturated rings. The Morgan fingerprint density at radius 2 is 1.82 bits per heavy atom. The van der Waals surface area contributed by atoms with E-state index in [1.54, 1.807) is 0 Å². The Morgan fingerprint density at radius 1 is 1.18 bits per heavy atom. The lowest BCUT2D eigenvalue weighted by Gasteiger charge is -2.17. The largest absolute Gasteiger partial charge is 0.461 e. The van der Waals surface area contributed by atoms with Crippen molar-refractivity contribution in [3.63, 3.8) is 0 Å². The van der Waals surface area contributed by atoms with Gasteiger partial charge in [0.25, 0.3) is 0 Å². The molecule has 0 radical (unpaired) electrons. The number of carbonyl (C=O) groups excluding carboxylic acids is 1. The molecule has 2 heteroatoms. The van der Waals surface area contributed by atoms with Crippen LogP contribution >= 0.6 is 0 Å². The van der Waals surface area contributed by atoms with Crippen LogP contribution in [-0.2, 0) is 16.1 Å². The van der Waals surface area contributed by atoms with E-state index in [1.165, 1.54) is 0 Å². The molecule has 2 atom stereocenters. The molecule has 0 heterocycles. The third kappa shape index (κ3) is 5.03. The van der Waals surface area contributed by atoms with Crippen LogP contribution in [0.2, 0.25) is 0 Å². The topological polar surface area (TPSA) is 26.3 Å². The summed E-state index contributed by atoms with van der Waals surface area (Å²) in [5.74, 6) is 0.865. The van der Waals surface area contributed by atoms with E-state index in [0.29, 0.717) is 24.9 Å². The molecule has 0 saturated heterocycles. The predicted molar refractivity (Wildman–Crippen MR) is 69.5 cm³/mol. The molecule has 0 spiro atoms. The maximum Gasteiger partial charge on any atom is 0.306 e. The zero-order valence-corrected chi connectivity index (χ0v) is 11.0. The molecule has 1 aromatic carbocycles. The summed E-state index contributed by atoms with van der Waals surface area (Å²) in [4.78, 5) is 11.6. The number of esters is 1. The van der Waals surface area contributed by atoms with Crippen LogP contribution in [0, 0.1) is 11.8 Å². The molecule has 2 nitrogen and oxygen atoms in total. The van der Waals surface area contributed by atoms with Crippen molar-refractivity contribution in [3.8, 4) is 0 Å². The van der Waals surface area contributed by atoms with Gasteiger partial charge in [0.1, 0.15) is 6.61 Å². The van der Waals surface area contributed by atoms with Crippen LogP contribution in [0.1, 0.15) is 39.2 Å². The molecule has 0 bridgehead atoms. The fraction of sp³-hybridized carbons (Fsp3) is 0.533. The molecule has 0 saturated carbocycles. The van der Waals surface area contributed by atoms with Gasteiger partial charge in [0, 0.05) is 6.42 Å². The van der Waals surface area contributed by atoms with E-state index in [9.17, 15) is 4.79 Å². The van der Waals surface area contributed by atoms with Gasteiger partial charge < -0.3 is 4.74 Å². The Kier molecular flexibility index (Phi) is 5.75. The Hall–Kier alpha value is -1.31. The average Bonchev–Trinajstić information content (AvgIpc) is 2.36. The molecule has 0 N–H and O–H groups in total. The van der Waals surface area contributed by atoms with E-state index in [-0.39, 0.29) is 5.97 Å². The molecule has 0 aliphatic rings. The second-order valence-corrected chi connectivity index (χ2v) is 4.71. The Balaban J connectivity index is 2.31. The van der Waals surface area contributed by atoms with Gasteiger partial charge in [-0.1, -0.05) is 57.5 Å². The second kappa shape index (κ2) is 7.10. The zero-order chi connectivity index (χ0) is 12.7. The highest BCUT2D eigenvalue weighted by Crippen LogP contribution is 2.18. The zero-order valence-electron chi connectivity index (χ0n) is 11.0. The van der Waals surface area contributed by atoms with Gasteiger partial charge in [0.15, 0.2) is 0 Å². The van der Waals surface area contributed by atoms with Crippen molar-refractivity contribution in [2.45, 2.75) is 40.2 Å². The highest BCUT2D eigenvalue weighted by atomic mass is 16.5. The lowest BCUT2D eigenvalue weighted by atomic mass is 9.91. The standard InChI is InChI=1S/C15H22O2/c1-4-12(2)13(3)10-15(16)17-11-14-8-6-5-7-9-14/h5-9,12-13H,4,10-11H2,1-3H3. The van der Waals surface area contributed by atoms with Crippen molar-refractivity contribution in [3.05, 3.63) is 35.9 Å². The number of carbonyl (C=O) groups is 1. The predicted octanol–water partition coefficient (Wildman–Crippen LogP) is 3.80. The summed E-state index contributed by atoms with van der Waals surface area (Å²) in [6, 6.07) is 9.78. The van der Waals surface area contributed by atoms with E-state index in [2.05, 4.69) is 20.8 Å². The normalized spacial score (nSPS) is 14.1. The summed E-state index contributed by atoms with van der Waals surface area (Å²) in [6.07, 6.45) is 1.62. The minimum atomic E-state index is -0.0957. The molecular weight excluding hydrogens is 212 g/mol. The van der Waals surface area contributed by atoms with Crippen molar-refractivity contribution >= 4 is 5.97 Å². The lowest BCUT2D eigenvalue weighted by molar-refractivity contribution is -0.146. The summed E-state index contributed by atoms with van der Waals surface area (Å²) in [6.45, 7) is 6.82. The van der Waals surface area contributed by atoms with Gasteiger partial charge in [-0.2, -0.15) is 0 Å². The Labute approximate surface area is 104 Å². The fourth-order valence-electron chi connectivity index (χ4n) is 1.66. The quantitative estimate of drug-likeness (QED) is 0.700.